The van der Waals surface area contributed by atoms with Crippen LogP contribution in [0.1, 0.15) is 38.5 Å². The molecule has 5 nitrogen and oxygen atoms in total. The number of hydrogen-bond donors (Lipinski definition) is 2. The molecule has 0 aromatic carbocycles. The van der Waals surface area contributed by atoms with Gasteiger partial charge in [0.2, 0.25) is 5.91 Å². The standard InChI is InChI=1S/C14H24N4O/c15-11-14(5-2-1-3-6-14)13(19)17-7-4-9-18-10-8-16-12-18/h8,10,12H,1-7,9,11,15H2,(H,17,19). The van der Waals surface area contributed by atoms with Crippen molar-refractivity contribution in [2.45, 2.75) is 45.1 Å². The maximum atomic E-state index is 12.3. The monoisotopic (exact) mass is 264 g/mol. The summed E-state index contributed by atoms with van der Waals surface area (Å²) in [6.07, 6.45) is 11.8. The van der Waals surface area contributed by atoms with Crippen molar-refractivity contribution in [3.8, 4) is 0 Å². The topological polar surface area (TPSA) is 72.9 Å². The van der Waals surface area contributed by atoms with Gasteiger partial charge in [0, 0.05) is 32.0 Å². The number of nitrogens with two attached hydrogens (primary N) is 1. The van der Waals surface area contributed by atoms with Crippen molar-refractivity contribution in [1.29, 1.82) is 0 Å². The number of hydrogen-bond acceptors (Lipinski definition) is 3. The van der Waals surface area contributed by atoms with Gasteiger partial charge in [-0.15, -0.1) is 0 Å². The highest BCUT2D eigenvalue weighted by Crippen LogP contribution is 2.35. The summed E-state index contributed by atoms with van der Waals surface area (Å²) in [7, 11) is 0. The highest BCUT2D eigenvalue weighted by atomic mass is 16.2. The summed E-state index contributed by atoms with van der Waals surface area (Å²) >= 11 is 0. The lowest BCUT2D eigenvalue weighted by Crippen LogP contribution is -2.47. The van der Waals surface area contributed by atoms with Crippen LogP contribution in [0, 0.1) is 5.41 Å². The van der Waals surface area contributed by atoms with Crippen LogP contribution < -0.4 is 11.1 Å². The molecule has 0 saturated heterocycles. The Morgan fingerprint density at radius 3 is 2.79 bits per heavy atom. The van der Waals surface area contributed by atoms with Gasteiger partial charge in [0.15, 0.2) is 0 Å². The van der Waals surface area contributed by atoms with Crippen LogP contribution in [0.2, 0.25) is 0 Å². The van der Waals surface area contributed by atoms with Crippen LogP contribution in [0.25, 0.3) is 0 Å². The molecule has 0 bridgehead atoms. The third-order valence-electron chi connectivity index (χ3n) is 4.12. The number of amides is 1. The van der Waals surface area contributed by atoms with E-state index in [0.29, 0.717) is 13.1 Å². The van der Waals surface area contributed by atoms with Crippen LogP contribution in [0.5, 0.6) is 0 Å². The molecule has 0 atom stereocenters. The number of rotatable bonds is 6. The minimum absolute atomic E-state index is 0.153. The van der Waals surface area contributed by atoms with Gasteiger partial charge in [0.1, 0.15) is 0 Å². The summed E-state index contributed by atoms with van der Waals surface area (Å²) in [5.41, 5.74) is 5.55. The van der Waals surface area contributed by atoms with Gasteiger partial charge in [-0.3, -0.25) is 4.79 Å². The minimum Gasteiger partial charge on any atom is -0.356 e. The summed E-state index contributed by atoms with van der Waals surface area (Å²) < 4.78 is 2.02. The second kappa shape index (κ2) is 6.70. The largest absolute Gasteiger partial charge is 0.356 e. The Labute approximate surface area is 114 Å². The quantitative estimate of drug-likeness (QED) is 0.761. The summed E-state index contributed by atoms with van der Waals surface area (Å²) in [5.74, 6) is 0.153. The Morgan fingerprint density at radius 2 is 2.16 bits per heavy atom. The van der Waals surface area contributed by atoms with E-state index in [1.165, 1.54) is 6.42 Å². The van der Waals surface area contributed by atoms with Gasteiger partial charge in [0.05, 0.1) is 11.7 Å². The second-order valence-electron chi connectivity index (χ2n) is 5.46. The molecule has 0 radical (unpaired) electrons. The molecule has 0 aliphatic heterocycles. The summed E-state index contributed by atoms with van der Waals surface area (Å²) in [4.78, 5) is 16.3. The Bertz CT molecular complexity index is 382. The zero-order chi connectivity index (χ0) is 13.6. The summed E-state index contributed by atoms with van der Waals surface area (Å²) in [6, 6.07) is 0. The first-order valence-corrected chi connectivity index (χ1v) is 7.21. The first kappa shape index (κ1) is 14.1. The Hall–Kier alpha value is -1.36. The van der Waals surface area contributed by atoms with Crippen molar-refractivity contribution in [3.05, 3.63) is 18.7 Å². The number of nitrogens with one attached hydrogen (secondary N) is 1. The molecule has 1 aliphatic rings. The van der Waals surface area contributed by atoms with Gasteiger partial charge in [-0.05, 0) is 19.3 Å². The van der Waals surface area contributed by atoms with Gasteiger partial charge >= 0.3 is 0 Å². The van der Waals surface area contributed by atoms with Gasteiger partial charge < -0.3 is 15.6 Å². The lowest BCUT2D eigenvalue weighted by molar-refractivity contribution is -0.132. The van der Waals surface area contributed by atoms with E-state index in [9.17, 15) is 4.79 Å². The van der Waals surface area contributed by atoms with E-state index in [4.69, 9.17) is 5.73 Å². The van der Waals surface area contributed by atoms with Crippen molar-refractivity contribution < 1.29 is 4.79 Å². The average molecular weight is 264 g/mol. The first-order valence-electron chi connectivity index (χ1n) is 7.21. The number of aromatic nitrogens is 2. The molecule has 0 unspecified atom stereocenters. The zero-order valence-corrected chi connectivity index (χ0v) is 11.5. The normalized spacial score (nSPS) is 18.2. The molecule has 19 heavy (non-hydrogen) atoms. The zero-order valence-electron chi connectivity index (χ0n) is 11.5. The predicted octanol–water partition coefficient (Wildman–Crippen LogP) is 1.30. The second-order valence-corrected chi connectivity index (χ2v) is 5.46. The van der Waals surface area contributed by atoms with Gasteiger partial charge in [-0.1, -0.05) is 19.3 Å². The highest BCUT2D eigenvalue weighted by Gasteiger charge is 2.37. The fourth-order valence-corrected chi connectivity index (χ4v) is 2.82. The lowest BCUT2D eigenvalue weighted by atomic mass is 9.73. The fourth-order valence-electron chi connectivity index (χ4n) is 2.82. The highest BCUT2D eigenvalue weighted by molar-refractivity contribution is 5.82. The Morgan fingerprint density at radius 1 is 1.37 bits per heavy atom. The third-order valence-corrected chi connectivity index (χ3v) is 4.12. The molecular formula is C14H24N4O. The van der Waals surface area contributed by atoms with Crippen molar-refractivity contribution in [2.75, 3.05) is 13.1 Å². The molecule has 2 rings (SSSR count). The minimum atomic E-state index is -0.298. The molecule has 3 N–H and O–H groups in total. The van der Waals surface area contributed by atoms with Crippen LogP contribution >= 0.6 is 0 Å². The number of imidazole rings is 1. The Balaban J connectivity index is 1.73. The fraction of sp³-hybridized carbons (Fsp3) is 0.714. The van der Waals surface area contributed by atoms with Crippen molar-refractivity contribution in [1.82, 2.24) is 14.9 Å². The molecule has 1 fully saturated rings. The van der Waals surface area contributed by atoms with Gasteiger partial charge in [-0.2, -0.15) is 0 Å². The van der Waals surface area contributed by atoms with Crippen molar-refractivity contribution in [2.24, 2.45) is 11.1 Å². The average Bonchev–Trinajstić information content (AvgIpc) is 2.97. The number of carbonyl (C=O) groups is 1. The SMILES string of the molecule is NCC1(C(=O)NCCCn2ccnc2)CCCCC1. The maximum Gasteiger partial charge on any atom is 0.227 e. The third kappa shape index (κ3) is 3.56. The van der Waals surface area contributed by atoms with Gasteiger partial charge in [-0.25, -0.2) is 4.98 Å². The predicted molar refractivity (Wildman–Crippen MR) is 74.4 cm³/mol. The molecule has 106 valence electrons. The van der Waals surface area contributed by atoms with Crippen molar-refractivity contribution in [3.63, 3.8) is 0 Å². The maximum absolute atomic E-state index is 12.3. The molecule has 1 aliphatic carbocycles. The summed E-state index contributed by atoms with van der Waals surface area (Å²) in [6.45, 7) is 2.06. The number of nitrogens with zero attached hydrogens (tertiary/aromatic N) is 2. The van der Waals surface area contributed by atoms with Gasteiger partial charge in [0.25, 0.3) is 0 Å². The van der Waals surface area contributed by atoms with E-state index in [1.54, 1.807) is 12.5 Å². The van der Waals surface area contributed by atoms with E-state index in [-0.39, 0.29) is 11.3 Å². The van der Waals surface area contributed by atoms with E-state index in [1.807, 2.05) is 10.8 Å². The van der Waals surface area contributed by atoms with Crippen LogP contribution in [0.4, 0.5) is 0 Å². The van der Waals surface area contributed by atoms with E-state index >= 15 is 0 Å². The molecule has 1 aromatic rings. The number of aryl methyl sites for hydroxylation is 1. The molecule has 0 spiro atoms. The van der Waals surface area contributed by atoms with Crippen LogP contribution in [0.15, 0.2) is 18.7 Å². The number of carbonyl (C=O) groups excluding carboxylic acids is 1. The van der Waals surface area contributed by atoms with E-state index in [2.05, 4.69) is 10.3 Å². The molecule has 5 heteroatoms. The molecule has 1 saturated carbocycles. The molecule has 1 aromatic heterocycles. The first-order chi connectivity index (χ1) is 9.27. The van der Waals surface area contributed by atoms with Crippen molar-refractivity contribution >= 4 is 5.91 Å². The summed E-state index contributed by atoms with van der Waals surface area (Å²) in [5, 5.41) is 3.05. The molecular weight excluding hydrogens is 240 g/mol. The Kier molecular flexibility index (Phi) is 4.96. The molecule has 1 amide bonds. The van der Waals surface area contributed by atoms with Crippen LogP contribution in [0.3, 0.4) is 0 Å². The molecule has 1 heterocycles. The lowest BCUT2D eigenvalue weighted by Gasteiger charge is -2.34. The van der Waals surface area contributed by atoms with Crippen LogP contribution in [-0.2, 0) is 11.3 Å². The smallest absolute Gasteiger partial charge is 0.227 e. The van der Waals surface area contributed by atoms with E-state index < -0.39 is 0 Å². The van der Waals surface area contributed by atoms with Crippen LogP contribution in [-0.4, -0.2) is 28.5 Å². The van der Waals surface area contributed by atoms with E-state index in [0.717, 1.165) is 38.6 Å².